The zero-order valence-electron chi connectivity index (χ0n) is 18.4. The standard InChI is InChI=1S/C24H19ClF2N6O/c1-12(15-6-13(8-28)4-5-17(15)26)32-21-16(25)11-29-19-7-18(27)20(33-22(19)21)14-9-30-23(31-10-14)24(2,3)34/h4-7,9-12,34H,1-3H3,(H,29,32)/t12-/m1/s1. The molecule has 7 nitrogen and oxygen atoms in total. The highest BCUT2D eigenvalue weighted by Gasteiger charge is 2.21. The summed E-state index contributed by atoms with van der Waals surface area (Å²) in [5, 5.41) is 22.5. The summed E-state index contributed by atoms with van der Waals surface area (Å²) in [5.41, 5.74) is 0.407. The Morgan fingerprint density at radius 2 is 1.79 bits per heavy atom. The molecule has 0 aliphatic heterocycles. The molecule has 1 aromatic carbocycles. The molecule has 0 unspecified atom stereocenters. The predicted molar refractivity (Wildman–Crippen MR) is 124 cm³/mol. The molecule has 2 N–H and O–H groups in total. The van der Waals surface area contributed by atoms with Crippen LogP contribution in [-0.4, -0.2) is 25.0 Å². The second-order valence-electron chi connectivity index (χ2n) is 8.24. The maximum atomic E-state index is 14.9. The fourth-order valence-electron chi connectivity index (χ4n) is 3.41. The minimum atomic E-state index is -1.25. The first kappa shape index (κ1) is 23.4. The van der Waals surface area contributed by atoms with Gasteiger partial charge in [0.15, 0.2) is 11.6 Å². The van der Waals surface area contributed by atoms with Gasteiger partial charge in [-0.15, -0.1) is 0 Å². The van der Waals surface area contributed by atoms with Crippen molar-refractivity contribution >= 4 is 28.3 Å². The lowest BCUT2D eigenvalue weighted by Gasteiger charge is -2.19. The fourth-order valence-corrected chi connectivity index (χ4v) is 3.60. The average molecular weight is 481 g/mol. The maximum Gasteiger partial charge on any atom is 0.159 e. The van der Waals surface area contributed by atoms with E-state index < -0.39 is 23.3 Å². The molecule has 3 aromatic heterocycles. The number of aromatic nitrogens is 4. The van der Waals surface area contributed by atoms with Crippen molar-refractivity contribution in [2.75, 3.05) is 5.32 Å². The third kappa shape index (κ3) is 4.51. The van der Waals surface area contributed by atoms with Gasteiger partial charge in [-0.25, -0.2) is 23.7 Å². The van der Waals surface area contributed by atoms with Crippen molar-refractivity contribution < 1.29 is 13.9 Å². The monoisotopic (exact) mass is 480 g/mol. The number of nitriles is 1. The van der Waals surface area contributed by atoms with Crippen LogP contribution in [0, 0.1) is 23.0 Å². The van der Waals surface area contributed by atoms with Crippen LogP contribution in [0.25, 0.3) is 22.3 Å². The van der Waals surface area contributed by atoms with Crippen LogP contribution in [0.4, 0.5) is 14.5 Å². The average Bonchev–Trinajstić information content (AvgIpc) is 2.80. The van der Waals surface area contributed by atoms with Gasteiger partial charge in [0.2, 0.25) is 0 Å². The van der Waals surface area contributed by atoms with Crippen molar-refractivity contribution in [1.82, 2.24) is 19.9 Å². The SMILES string of the molecule is C[C@@H](Nc1c(Cl)cnc2cc(F)c(-c3cnc(C(C)(C)O)nc3)nc12)c1cc(C#N)ccc1F. The minimum Gasteiger partial charge on any atom is -0.382 e. The number of anilines is 1. The van der Waals surface area contributed by atoms with Gasteiger partial charge in [-0.05, 0) is 39.0 Å². The van der Waals surface area contributed by atoms with E-state index in [0.717, 1.165) is 0 Å². The number of rotatable bonds is 5. The number of fused-ring (bicyclic) bond motifs is 1. The number of benzene rings is 1. The van der Waals surface area contributed by atoms with Gasteiger partial charge in [-0.3, -0.25) is 4.98 Å². The fraction of sp³-hybridized carbons (Fsp3) is 0.208. The van der Waals surface area contributed by atoms with Gasteiger partial charge in [-0.2, -0.15) is 5.26 Å². The first-order valence-corrected chi connectivity index (χ1v) is 10.6. The molecule has 4 aromatic rings. The van der Waals surface area contributed by atoms with Crippen LogP contribution < -0.4 is 5.32 Å². The highest BCUT2D eigenvalue weighted by atomic mass is 35.5. The van der Waals surface area contributed by atoms with Gasteiger partial charge < -0.3 is 10.4 Å². The first-order chi connectivity index (χ1) is 16.1. The van der Waals surface area contributed by atoms with Gasteiger partial charge >= 0.3 is 0 Å². The Morgan fingerprint density at radius 1 is 1.09 bits per heavy atom. The lowest BCUT2D eigenvalue weighted by molar-refractivity contribution is 0.0687. The van der Waals surface area contributed by atoms with Crippen LogP contribution in [0.3, 0.4) is 0 Å². The van der Waals surface area contributed by atoms with E-state index in [1.54, 1.807) is 20.8 Å². The number of aliphatic hydroxyl groups is 1. The van der Waals surface area contributed by atoms with Gasteiger partial charge in [0, 0.05) is 35.8 Å². The molecule has 0 fully saturated rings. The first-order valence-electron chi connectivity index (χ1n) is 10.2. The molecule has 0 bridgehead atoms. The smallest absolute Gasteiger partial charge is 0.159 e. The molecule has 10 heteroatoms. The predicted octanol–water partition coefficient (Wildman–Crippen LogP) is 5.29. The van der Waals surface area contributed by atoms with Crippen LogP contribution >= 0.6 is 11.6 Å². The zero-order chi connectivity index (χ0) is 24.6. The lowest BCUT2D eigenvalue weighted by Crippen LogP contribution is -2.19. The van der Waals surface area contributed by atoms with E-state index in [0.29, 0.717) is 16.8 Å². The highest BCUT2D eigenvalue weighted by molar-refractivity contribution is 6.34. The second kappa shape index (κ2) is 8.89. The second-order valence-corrected chi connectivity index (χ2v) is 8.64. The Hall–Kier alpha value is -3.74. The van der Waals surface area contributed by atoms with Gasteiger partial charge in [0.25, 0.3) is 0 Å². The van der Waals surface area contributed by atoms with E-state index in [9.17, 15) is 13.9 Å². The van der Waals surface area contributed by atoms with Crippen LogP contribution in [-0.2, 0) is 5.60 Å². The van der Waals surface area contributed by atoms with Crippen LogP contribution in [0.15, 0.2) is 42.9 Å². The summed E-state index contributed by atoms with van der Waals surface area (Å²) >= 11 is 6.38. The third-order valence-corrected chi connectivity index (χ3v) is 5.46. The third-order valence-electron chi connectivity index (χ3n) is 5.17. The molecule has 3 heterocycles. The van der Waals surface area contributed by atoms with Crippen molar-refractivity contribution in [3.8, 4) is 17.3 Å². The Morgan fingerprint density at radius 3 is 2.44 bits per heavy atom. The largest absolute Gasteiger partial charge is 0.382 e. The summed E-state index contributed by atoms with van der Waals surface area (Å²) in [6.45, 7) is 4.79. The van der Waals surface area contributed by atoms with Gasteiger partial charge in [0.1, 0.15) is 22.6 Å². The Balaban J connectivity index is 1.79. The number of pyridine rings is 2. The summed E-state index contributed by atoms with van der Waals surface area (Å²) < 4.78 is 29.3. The van der Waals surface area contributed by atoms with Crippen molar-refractivity contribution in [2.45, 2.75) is 32.4 Å². The lowest BCUT2D eigenvalue weighted by atomic mass is 10.0. The maximum absolute atomic E-state index is 14.9. The molecule has 0 radical (unpaired) electrons. The number of hydrogen-bond donors (Lipinski definition) is 2. The molecule has 0 spiro atoms. The molecule has 0 aliphatic carbocycles. The van der Waals surface area contributed by atoms with E-state index in [1.807, 2.05) is 6.07 Å². The normalized spacial score (nSPS) is 12.4. The molecule has 34 heavy (non-hydrogen) atoms. The molecular weight excluding hydrogens is 462 g/mol. The summed E-state index contributed by atoms with van der Waals surface area (Å²) in [4.78, 5) is 16.8. The van der Waals surface area contributed by atoms with Crippen LogP contribution in [0.5, 0.6) is 0 Å². The number of hydrogen-bond acceptors (Lipinski definition) is 7. The molecule has 0 saturated carbocycles. The van der Waals surface area contributed by atoms with Gasteiger partial charge in [-0.1, -0.05) is 11.6 Å². The molecule has 172 valence electrons. The molecular formula is C24H19ClF2N6O. The zero-order valence-corrected chi connectivity index (χ0v) is 19.2. The molecule has 1 atom stereocenters. The highest BCUT2D eigenvalue weighted by Crippen LogP contribution is 2.34. The van der Waals surface area contributed by atoms with Gasteiger partial charge in [0.05, 0.1) is 33.9 Å². The quantitative estimate of drug-likeness (QED) is 0.399. The number of nitrogens with one attached hydrogen (secondary N) is 1. The molecule has 0 amide bonds. The van der Waals surface area contributed by atoms with Crippen molar-refractivity contribution in [3.63, 3.8) is 0 Å². The van der Waals surface area contributed by atoms with E-state index in [1.165, 1.54) is 42.9 Å². The molecule has 0 aliphatic rings. The van der Waals surface area contributed by atoms with Crippen LogP contribution in [0.1, 0.15) is 43.8 Å². The van der Waals surface area contributed by atoms with Crippen molar-refractivity contribution in [1.29, 1.82) is 5.26 Å². The summed E-state index contributed by atoms with van der Waals surface area (Å²) in [6.07, 6.45) is 4.09. The summed E-state index contributed by atoms with van der Waals surface area (Å²) in [5.74, 6) is -0.953. The molecule has 0 saturated heterocycles. The number of halogens is 3. The Labute approximate surface area is 199 Å². The minimum absolute atomic E-state index is 0.0350. The number of nitrogens with zero attached hydrogens (tertiary/aromatic N) is 5. The topological polar surface area (TPSA) is 108 Å². The summed E-state index contributed by atoms with van der Waals surface area (Å²) in [7, 11) is 0. The van der Waals surface area contributed by atoms with E-state index >= 15 is 0 Å². The van der Waals surface area contributed by atoms with E-state index in [4.69, 9.17) is 16.9 Å². The molecule has 4 rings (SSSR count). The van der Waals surface area contributed by atoms with Crippen LogP contribution in [0.2, 0.25) is 5.02 Å². The van der Waals surface area contributed by atoms with Crippen molar-refractivity contribution in [2.24, 2.45) is 0 Å². The van der Waals surface area contributed by atoms with Crippen molar-refractivity contribution in [3.05, 3.63) is 76.5 Å². The Bertz CT molecular complexity index is 1430. The van der Waals surface area contributed by atoms with E-state index in [2.05, 4.69) is 25.3 Å². The summed E-state index contributed by atoms with van der Waals surface area (Å²) in [6, 6.07) is 6.67. The van der Waals surface area contributed by atoms with E-state index in [-0.39, 0.29) is 33.1 Å². The Kier molecular flexibility index (Phi) is 6.13.